The first-order valence-electron chi connectivity index (χ1n) is 7.87. The minimum absolute atomic E-state index is 0.607. The van der Waals surface area contributed by atoms with Gasteiger partial charge in [0.05, 0.1) is 0 Å². The van der Waals surface area contributed by atoms with Crippen molar-refractivity contribution < 1.29 is 0 Å². The van der Waals surface area contributed by atoms with Crippen LogP contribution in [0.4, 0.5) is 0 Å². The molecule has 1 atom stereocenters. The smallest absolute Gasteiger partial charge is 0.0333 e. The van der Waals surface area contributed by atoms with Crippen molar-refractivity contribution >= 4 is 27.3 Å². The number of hydrogen-bond donors (Lipinski definition) is 1. The Morgan fingerprint density at radius 2 is 1.90 bits per heavy atom. The summed E-state index contributed by atoms with van der Waals surface area (Å²) in [4.78, 5) is 1.61. The van der Waals surface area contributed by atoms with Gasteiger partial charge in [-0.2, -0.15) is 0 Å². The van der Waals surface area contributed by atoms with E-state index in [2.05, 4.69) is 57.0 Å². The predicted octanol–water partition coefficient (Wildman–Crippen LogP) is 5.42. The normalized spacial score (nSPS) is 28.0. The van der Waals surface area contributed by atoms with Gasteiger partial charge in [0.15, 0.2) is 0 Å². The average molecular weight is 362 g/mol. The fraction of sp³-hybridized carbons (Fsp3) is 0.444. The van der Waals surface area contributed by atoms with Gasteiger partial charge in [-0.25, -0.2) is 0 Å². The third kappa shape index (κ3) is 2.84. The summed E-state index contributed by atoms with van der Waals surface area (Å²) < 4.78 is 1.17. The minimum atomic E-state index is 0.607. The van der Waals surface area contributed by atoms with Crippen molar-refractivity contribution in [3.05, 3.63) is 56.2 Å². The van der Waals surface area contributed by atoms with E-state index in [0.29, 0.717) is 12.1 Å². The van der Waals surface area contributed by atoms with Crippen molar-refractivity contribution in [3.8, 4) is 0 Å². The molecular formula is C18H20BrNS. The standard InChI is InChI=1S/C18H20BrNS/c19-14-6-4-12(5-7-14)13-10-15(11-13)20-17-2-1-3-18-16(17)8-9-21-18/h4-9,13,15,17,20H,1-3,10-11H2. The van der Waals surface area contributed by atoms with Gasteiger partial charge in [-0.05, 0) is 72.7 Å². The Bertz CT molecular complexity index is 612. The highest BCUT2D eigenvalue weighted by molar-refractivity contribution is 9.10. The molecule has 1 heterocycles. The highest BCUT2D eigenvalue weighted by Gasteiger charge is 2.33. The second-order valence-corrected chi connectivity index (χ2v) is 8.24. The third-order valence-electron chi connectivity index (χ3n) is 4.97. The van der Waals surface area contributed by atoms with Crippen molar-refractivity contribution in [2.45, 2.75) is 50.1 Å². The molecule has 0 bridgehead atoms. The summed E-state index contributed by atoms with van der Waals surface area (Å²) in [5.41, 5.74) is 3.08. The summed E-state index contributed by atoms with van der Waals surface area (Å²) in [7, 11) is 0. The fourth-order valence-electron chi connectivity index (χ4n) is 3.71. The van der Waals surface area contributed by atoms with Crippen LogP contribution in [-0.2, 0) is 6.42 Å². The molecule has 2 aliphatic carbocycles. The van der Waals surface area contributed by atoms with Gasteiger partial charge in [-0.15, -0.1) is 11.3 Å². The number of aryl methyl sites for hydroxylation is 1. The van der Waals surface area contributed by atoms with Crippen LogP contribution in [0.5, 0.6) is 0 Å². The quantitative estimate of drug-likeness (QED) is 0.768. The average Bonchev–Trinajstić information content (AvgIpc) is 2.93. The van der Waals surface area contributed by atoms with E-state index < -0.39 is 0 Å². The molecule has 2 aromatic rings. The number of rotatable bonds is 3. The van der Waals surface area contributed by atoms with E-state index in [1.807, 2.05) is 11.3 Å². The molecule has 1 nitrogen and oxygen atoms in total. The highest BCUT2D eigenvalue weighted by atomic mass is 79.9. The first-order chi connectivity index (χ1) is 10.3. The van der Waals surface area contributed by atoms with Gasteiger partial charge in [0.1, 0.15) is 0 Å². The van der Waals surface area contributed by atoms with Gasteiger partial charge in [0.2, 0.25) is 0 Å². The van der Waals surface area contributed by atoms with E-state index in [1.54, 1.807) is 10.4 Å². The van der Waals surface area contributed by atoms with E-state index in [1.165, 1.54) is 42.1 Å². The molecule has 4 rings (SSSR count). The van der Waals surface area contributed by atoms with E-state index in [0.717, 1.165) is 5.92 Å². The molecule has 3 heteroatoms. The zero-order valence-corrected chi connectivity index (χ0v) is 14.4. The lowest BCUT2D eigenvalue weighted by atomic mass is 9.75. The zero-order valence-electron chi connectivity index (χ0n) is 12.0. The molecule has 21 heavy (non-hydrogen) atoms. The van der Waals surface area contributed by atoms with Crippen LogP contribution in [0.2, 0.25) is 0 Å². The van der Waals surface area contributed by atoms with E-state index in [9.17, 15) is 0 Å². The molecule has 0 radical (unpaired) electrons. The second-order valence-electron chi connectivity index (χ2n) is 6.33. The van der Waals surface area contributed by atoms with Crippen molar-refractivity contribution in [1.82, 2.24) is 5.32 Å². The summed E-state index contributed by atoms with van der Waals surface area (Å²) in [6, 6.07) is 12.5. The molecule has 0 aliphatic heterocycles. The molecule has 110 valence electrons. The lowest BCUT2D eigenvalue weighted by Crippen LogP contribution is -2.42. The molecular weight excluding hydrogens is 342 g/mol. The maximum Gasteiger partial charge on any atom is 0.0333 e. The van der Waals surface area contributed by atoms with Crippen LogP contribution in [0.3, 0.4) is 0 Å². The minimum Gasteiger partial charge on any atom is -0.307 e. The van der Waals surface area contributed by atoms with E-state index in [-0.39, 0.29) is 0 Å². The third-order valence-corrected chi connectivity index (χ3v) is 6.49. The highest BCUT2D eigenvalue weighted by Crippen LogP contribution is 2.40. The van der Waals surface area contributed by atoms with Gasteiger partial charge in [0.25, 0.3) is 0 Å². The van der Waals surface area contributed by atoms with Crippen LogP contribution < -0.4 is 5.32 Å². The number of hydrogen-bond acceptors (Lipinski definition) is 2. The van der Waals surface area contributed by atoms with Crippen molar-refractivity contribution in [1.29, 1.82) is 0 Å². The first-order valence-corrected chi connectivity index (χ1v) is 9.54. The number of nitrogens with one attached hydrogen (secondary N) is 1. The molecule has 0 saturated heterocycles. The second kappa shape index (κ2) is 5.86. The Kier molecular flexibility index (Phi) is 3.91. The Balaban J connectivity index is 1.36. The number of halogens is 1. The van der Waals surface area contributed by atoms with Crippen LogP contribution in [-0.4, -0.2) is 6.04 Å². The van der Waals surface area contributed by atoms with Gasteiger partial charge >= 0.3 is 0 Å². The lowest BCUT2D eigenvalue weighted by molar-refractivity contribution is 0.255. The van der Waals surface area contributed by atoms with Crippen LogP contribution in [0.1, 0.15) is 53.6 Å². The zero-order chi connectivity index (χ0) is 14.2. The molecule has 1 aromatic carbocycles. The summed E-state index contributed by atoms with van der Waals surface area (Å²) in [5.74, 6) is 0.751. The summed E-state index contributed by atoms with van der Waals surface area (Å²) in [5, 5.41) is 6.17. The SMILES string of the molecule is Brc1ccc(C2CC(NC3CCCc4sccc43)C2)cc1. The van der Waals surface area contributed by atoms with Crippen LogP contribution in [0.15, 0.2) is 40.2 Å². The molecule has 1 aromatic heterocycles. The van der Waals surface area contributed by atoms with Gasteiger partial charge < -0.3 is 5.32 Å². The Hall–Kier alpha value is -0.640. The molecule has 0 amide bonds. The van der Waals surface area contributed by atoms with Crippen LogP contribution >= 0.6 is 27.3 Å². The lowest BCUT2D eigenvalue weighted by Gasteiger charge is -2.39. The largest absolute Gasteiger partial charge is 0.307 e. The molecule has 1 N–H and O–H groups in total. The summed E-state index contributed by atoms with van der Waals surface area (Å²) in [6.07, 6.45) is 6.52. The molecule has 0 spiro atoms. The first kappa shape index (κ1) is 14.0. The number of benzene rings is 1. The monoisotopic (exact) mass is 361 g/mol. The number of thiophene rings is 1. The molecule has 1 fully saturated rings. The van der Waals surface area contributed by atoms with Crippen molar-refractivity contribution in [2.24, 2.45) is 0 Å². The predicted molar refractivity (Wildman–Crippen MR) is 93.0 cm³/mol. The number of fused-ring (bicyclic) bond motifs is 1. The topological polar surface area (TPSA) is 12.0 Å². The maximum absolute atomic E-state index is 3.91. The molecule has 2 aliphatic rings. The Labute approximate surface area is 138 Å². The summed E-state index contributed by atoms with van der Waals surface area (Å²) >= 11 is 5.45. The van der Waals surface area contributed by atoms with Crippen molar-refractivity contribution in [3.63, 3.8) is 0 Å². The van der Waals surface area contributed by atoms with Gasteiger partial charge in [0, 0.05) is 21.4 Å². The maximum atomic E-state index is 3.91. The van der Waals surface area contributed by atoms with E-state index >= 15 is 0 Å². The van der Waals surface area contributed by atoms with Crippen LogP contribution in [0.25, 0.3) is 0 Å². The molecule has 1 saturated carbocycles. The summed E-state index contributed by atoms with van der Waals surface area (Å²) in [6.45, 7) is 0. The Morgan fingerprint density at radius 3 is 2.71 bits per heavy atom. The Morgan fingerprint density at radius 1 is 1.10 bits per heavy atom. The van der Waals surface area contributed by atoms with Gasteiger partial charge in [-0.3, -0.25) is 0 Å². The fourth-order valence-corrected chi connectivity index (χ4v) is 4.96. The van der Waals surface area contributed by atoms with Crippen molar-refractivity contribution in [2.75, 3.05) is 0 Å². The van der Waals surface area contributed by atoms with E-state index in [4.69, 9.17) is 0 Å². The van der Waals surface area contributed by atoms with Crippen LogP contribution in [0, 0.1) is 0 Å². The van der Waals surface area contributed by atoms with Gasteiger partial charge in [-0.1, -0.05) is 28.1 Å². The molecule has 1 unspecified atom stereocenters.